The van der Waals surface area contributed by atoms with Crippen LogP contribution in [-0.2, 0) is 14.8 Å². The van der Waals surface area contributed by atoms with Gasteiger partial charge >= 0.3 is 0 Å². The van der Waals surface area contributed by atoms with Gasteiger partial charge in [-0.3, -0.25) is 4.79 Å². The summed E-state index contributed by atoms with van der Waals surface area (Å²) in [6.07, 6.45) is 1.77. The highest BCUT2D eigenvalue weighted by Crippen LogP contribution is 2.24. The van der Waals surface area contributed by atoms with Crippen LogP contribution in [0.25, 0.3) is 0 Å². The highest BCUT2D eigenvalue weighted by atomic mass is 32.2. The zero-order valence-electron chi connectivity index (χ0n) is 13.6. The van der Waals surface area contributed by atoms with Gasteiger partial charge in [0.1, 0.15) is 5.01 Å². The van der Waals surface area contributed by atoms with Crippen LogP contribution in [0.4, 0.5) is 5.69 Å². The van der Waals surface area contributed by atoms with Crippen LogP contribution in [0.2, 0.25) is 0 Å². The molecule has 0 bridgehead atoms. The second kappa shape index (κ2) is 7.81. The number of rotatable bonds is 6. The van der Waals surface area contributed by atoms with Gasteiger partial charge in [0.05, 0.1) is 10.6 Å². The minimum Gasteiger partial charge on any atom is -0.325 e. The molecule has 1 aliphatic rings. The molecule has 0 aliphatic carbocycles. The van der Waals surface area contributed by atoms with Crippen molar-refractivity contribution in [3.8, 4) is 0 Å². The molecule has 1 aromatic carbocycles. The van der Waals surface area contributed by atoms with Gasteiger partial charge in [0.25, 0.3) is 0 Å². The lowest BCUT2D eigenvalue weighted by atomic mass is 10.3. The number of aromatic nitrogens is 2. The average Bonchev–Trinajstić information content (AvgIpc) is 3.25. The molecule has 2 aromatic rings. The van der Waals surface area contributed by atoms with Gasteiger partial charge in [-0.1, -0.05) is 29.2 Å². The fourth-order valence-electron chi connectivity index (χ4n) is 2.47. The van der Waals surface area contributed by atoms with Gasteiger partial charge in [0.15, 0.2) is 4.34 Å². The molecule has 1 saturated heterocycles. The lowest BCUT2D eigenvalue weighted by Gasteiger charge is -2.16. The minimum atomic E-state index is -3.49. The summed E-state index contributed by atoms with van der Waals surface area (Å²) >= 11 is 2.74. The Balaban J connectivity index is 1.64. The second-order valence-electron chi connectivity index (χ2n) is 5.56. The zero-order chi connectivity index (χ0) is 17.9. The van der Waals surface area contributed by atoms with Crippen molar-refractivity contribution >= 4 is 44.7 Å². The van der Waals surface area contributed by atoms with Crippen LogP contribution in [0, 0.1) is 6.92 Å². The molecule has 0 spiro atoms. The smallest absolute Gasteiger partial charge is 0.243 e. The summed E-state index contributed by atoms with van der Waals surface area (Å²) in [5.41, 5.74) is 0.472. The van der Waals surface area contributed by atoms with E-state index in [1.807, 2.05) is 6.92 Å². The average molecular weight is 399 g/mol. The molecule has 1 aliphatic heterocycles. The lowest BCUT2D eigenvalue weighted by molar-refractivity contribution is -0.113. The fraction of sp³-hybridized carbons (Fsp3) is 0.400. The van der Waals surface area contributed by atoms with Gasteiger partial charge in [0.2, 0.25) is 15.9 Å². The molecule has 10 heteroatoms. The molecule has 0 unspecified atom stereocenters. The van der Waals surface area contributed by atoms with Crippen molar-refractivity contribution in [2.24, 2.45) is 0 Å². The Morgan fingerprint density at radius 1 is 1.32 bits per heavy atom. The normalized spacial score (nSPS) is 15.4. The first kappa shape index (κ1) is 18.3. The van der Waals surface area contributed by atoms with Gasteiger partial charge in [-0.05, 0) is 38.0 Å². The van der Waals surface area contributed by atoms with Crippen molar-refractivity contribution in [3.63, 3.8) is 0 Å². The first-order valence-corrected chi connectivity index (χ1v) is 11.0. The number of carbonyl (C=O) groups is 1. The fourth-order valence-corrected chi connectivity index (χ4v) is 5.65. The number of anilines is 1. The Kier molecular flexibility index (Phi) is 5.72. The number of thioether (sulfide) groups is 1. The van der Waals surface area contributed by atoms with E-state index in [9.17, 15) is 13.2 Å². The van der Waals surface area contributed by atoms with Crippen LogP contribution in [0.1, 0.15) is 17.8 Å². The van der Waals surface area contributed by atoms with Gasteiger partial charge < -0.3 is 5.32 Å². The number of hydrogen-bond acceptors (Lipinski definition) is 7. The third-order valence-electron chi connectivity index (χ3n) is 3.65. The molecular weight excluding hydrogens is 380 g/mol. The third kappa shape index (κ3) is 4.57. The number of carbonyl (C=O) groups excluding carboxylic acids is 1. The maximum Gasteiger partial charge on any atom is 0.243 e. The van der Waals surface area contributed by atoms with Gasteiger partial charge in [0, 0.05) is 18.8 Å². The van der Waals surface area contributed by atoms with Gasteiger partial charge in [-0.15, -0.1) is 10.2 Å². The Morgan fingerprint density at radius 3 is 2.76 bits per heavy atom. The molecule has 1 aromatic heterocycles. The standard InChI is InChI=1S/C15H18N4O3S3/c1-11-17-18-15(24-11)23-10-14(20)16-12-5-4-6-13(9-12)25(21,22)19-7-2-3-8-19/h4-6,9H,2-3,7-8,10H2,1H3,(H,16,20). The Morgan fingerprint density at radius 2 is 2.08 bits per heavy atom. The molecule has 25 heavy (non-hydrogen) atoms. The predicted octanol–water partition coefficient (Wildman–Crippen LogP) is 2.36. The number of benzene rings is 1. The van der Waals surface area contributed by atoms with E-state index in [2.05, 4.69) is 15.5 Å². The third-order valence-corrected chi connectivity index (χ3v) is 7.52. The summed E-state index contributed by atoms with van der Waals surface area (Å²) in [6, 6.07) is 6.38. The Labute approximate surface area is 154 Å². The quantitative estimate of drug-likeness (QED) is 0.751. The van der Waals surface area contributed by atoms with Crippen LogP contribution >= 0.6 is 23.1 Å². The van der Waals surface area contributed by atoms with Crippen molar-refractivity contribution in [1.29, 1.82) is 0 Å². The summed E-state index contributed by atoms with van der Waals surface area (Å²) in [5, 5.41) is 11.4. The maximum atomic E-state index is 12.6. The summed E-state index contributed by atoms with van der Waals surface area (Å²) in [5.74, 6) is -0.0221. The molecular formula is C15H18N4O3S3. The summed E-state index contributed by atoms with van der Waals surface area (Å²) in [6.45, 7) is 2.96. The summed E-state index contributed by atoms with van der Waals surface area (Å²) < 4.78 is 27.4. The number of sulfonamides is 1. The van der Waals surface area contributed by atoms with E-state index in [1.165, 1.54) is 33.5 Å². The first-order valence-electron chi connectivity index (χ1n) is 7.78. The summed E-state index contributed by atoms with van der Waals surface area (Å²) in [4.78, 5) is 12.3. The van der Waals surface area contributed by atoms with E-state index in [-0.39, 0.29) is 16.6 Å². The van der Waals surface area contributed by atoms with Crippen molar-refractivity contribution in [2.45, 2.75) is 29.0 Å². The molecule has 7 nitrogen and oxygen atoms in total. The van der Waals surface area contributed by atoms with E-state index < -0.39 is 10.0 Å². The molecule has 0 radical (unpaired) electrons. The largest absolute Gasteiger partial charge is 0.325 e. The maximum absolute atomic E-state index is 12.6. The van der Waals surface area contributed by atoms with E-state index in [4.69, 9.17) is 0 Å². The van der Waals surface area contributed by atoms with Crippen LogP contribution in [0.5, 0.6) is 0 Å². The number of nitrogens with zero attached hydrogens (tertiary/aromatic N) is 3. The second-order valence-corrected chi connectivity index (χ2v) is 9.90. The molecule has 3 rings (SSSR count). The van der Waals surface area contributed by atoms with Crippen molar-refractivity contribution in [3.05, 3.63) is 29.3 Å². The lowest BCUT2D eigenvalue weighted by Crippen LogP contribution is -2.28. The van der Waals surface area contributed by atoms with Crippen LogP contribution in [0.15, 0.2) is 33.5 Å². The number of hydrogen-bond donors (Lipinski definition) is 1. The molecule has 1 N–H and O–H groups in total. The minimum absolute atomic E-state index is 0.192. The van der Waals surface area contributed by atoms with Crippen molar-refractivity contribution in [2.75, 3.05) is 24.2 Å². The predicted molar refractivity (Wildman–Crippen MR) is 98.4 cm³/mol. The van der Waals surface area contributed by atoms with E-state index in [0.29, 0.717) is 18.8 Å². The van der Waals surface area contributed by atoms with Crippen LogP contribution < -0.4 is 5.32 Å². The Hall–Kier alpha value is -1.49. The highest BCUT2D eigenvalue weighted by molar-refractivity contribution is 8.01. The summed E-state index contributed by atoms with van der Waals surface area (Å²) in [7, 11) is -3.49. The topological polar surface area (TPSA) is 92.3 Å². The van der Waals surface area contributed by atoms with Crippen molar-refractivity contribution < 1.29 is 13.2 Å². The SMILES string of the molecule is Cc1nnc(SCC(=O)Nc2cccc(S(=O)(=O)N3CCCC3)c2)s1. The highest BCUT2D eigenvalue weighted by Gasteiger charge is 2.27. The molecule has 1 fully saturated rings. The van der Waals surface area contributed by atoms with Gasteiger partial charge in [-0.2, -0.15) is 4.31 Å². The molecule has 0 saturated carbocycles. The number of nitrogens with one attached hydrogen (secondary N) is 1. The number of amides is 1. The van der Waals surface area contributed by atoms with E-state index in [1.54, 1.807) is 18.2 Å². The molecule has 0 atom stereocenters. The van der Waals surface area contributed by atoms with Crippen LogP contribution in [-0.4, -0.2) is 47.7 Å². The molecule has 134 valence electrons. The van der Waals surface area contributed by atoms with E-state index >= 15 is 0 Å². The van der Waals surface area contributed by atoms with Gasteiger partial charge in [-0.25, -0.2) is 8.42 Å². The van der Waals surface area contributed by atoms with Crippen LogP contribution in [0.3, 0.4) is 0 Å². The monoisotopic (exact) mass is 398 g/mol. The number of aryl methyl sites for hydroxylation is 1. The molecule has 1 amide bonds. The van der Waals surface area contributed by atoms with E-state index in [0.717, 1.165) is 22.2 Å². The molecule has 2 heterocycles. The first-order chi connectivity index (χ1) is 11.9. The van der Waals surface area contributed by atoms with Crippen molar-refractivity contribution in [1.82, 2.24) is 14.5 Å². The zero-order valence-corrected chi connectivity index (χ0v) is 16.1. The Bertz CT molecular complexity index is 860.